The molecule has 2 aromatic carbocycles. The van der Waals surface area contributed by atoms with Crippen LogP contribution in [0.4, 0.5) is 5.69 Å². The zero-order valence-corrected chi connectivity index (χ0v) is 20.5. The zero-order chi connectivity index (χ0) is 23.6. The molecule has 3 aromatic rings. The first-order chi connectivity index (χ1) is 15.8. The maximum Gasteiger partial charge on any atom is 0.243 e. The van der Waals surface area contributed by atoms with Gasteiger partial charge in [-0.05, 0) is 68.1 Å². The summed E-state index contributed by atoms with van der Waals surface area (Å²) in [5, 5.41) is 3.56. The van der Waals surface area contributed by atoms with Gasteiger partial charge in [-0.15, -0.1) is 0 Å². The number of nitrogens with zero attached hydrogens (tertiary/aromatic N) is 3. The molecule has 1 fully saturated rings. The molecular formula is C24H29ClN4O3S. The predicted octanol–water partition coefficient (Wildman–Crippen LogP) is 4.76. The van der Waals surface area contributed by atoms with Gasteiger partial charge in [-0.1, -0.05) is 18.5 Å². The Morgan fingerprint density at radius 1 is 1.15 bits per heavy atom. The fraction of sp³-hybridized carbons (Fsp3) is 0.417. The summed E-state index contributed by atoms with van der Waals surface area (Å²) in [5.41, 5.74) is 3.18. The van der Waals surface area contributed by atoms with Gasteiger partial charge in [-0.2, -0.15) is 4.31 Å². The number of carbonyl (C=O) groups excluding carboxylic acids is 1. The first-order valence-electron chi connectivity index (χ1n) is 11.3. The highest BCUT2D eigenvalue weighted by molar-refractivity contribution is 7.89. The van der Waals surface area contributed by atoms with Crippen molar-refractivity contribution in [3.8, 4) is 0 Å². The number of sulfonamides is 1. The first kappa shape index (κ1) is 23.7. The Morgan fingerprint density at radius 2 is 1.91 bits per heavy atom. The molecule has 0 saturated carbocycles. The second kappa shape index (κ2) is 9.83. The number of imidazole rings is 1. The van der Waals surface area contributed by atoms with Crippen molar-refractivity contribution in [1.82, 2.24) is 13.9 Å². The Kier molecular flexibility index (Phi) is 7.07. The Bertz CT molecular complexity index is 1280. The standard InChI is InChI=1S/C24H29ClN4O3S/c1-3-12-29-22-9-7-19(33(31,32)28-13-4-5-14-28)16-21(22)26-23(29)10-11-24(30)27-20-8-6-18(25)15-17(20)2/h6-9,15-16H,3-5,10-14H2,1-2H3,(H,27,30). The van der Waals surface area contributed by atoms with Crippen molar-refractivity contribution in [1.29, 1.82) is 0 Å². The number of amides is 1. The van der Waals surface area contributed by atoms with Gasteiger partial charge in [-0.3, -0.25) is 4.79 Å². The second-order valence-corrected chi connectivity index (χ2v) is 10.8. The molecule has 0 bridgehead atoms. The summed E-state index contributed by atoms with van der Waals surface area (Å²) in [6.45, 7) is 5.87. The highest BCUT2D eigenvalue weighted by atomic mass is 35.5. The molecule has 4 rings (SSSR count). The third-order valence-corrected chi connectivity index (χ3v) is 8.12. The molecule has 0 unspecified atom stereocenters. The Balaban J connectivity index is 1.55. The van der Waals surface area contributed by atoms with E-state index >= 15 is 0 Å². The lowest BCUT2D eigenvalue weighted by atomic mass is 10.2. The largest absolute Gasteiger partial charge is 0.328 e. The van der Waals surface area contributed by atoms with Crippen LogP contribution in [0.15, 0.2) is 41.3 Å². The minimum Gasteiger partial charge on any atom is -0.328 e. The lowest BCUT2D eigenvalue weighted by Gasteiger charge is -2.15. The van der Waals surface area contributed by atoms with E-state index in [-0.39, 0.29) is 17.2 Å². The van der Waals surface area contributed by atoms with Crippen LogP contribution in [-0.2, 0) is 27.8 Å². The number of aryl methyl sites for hydroxylation is 3. The third kappa shape index (κ3) is 5.08. The molecule has 1 aliphatic heterocycles. The summed E-state index contributed by atoms with van der Waals surface area (Å²) in [6, 6.07) is 10.5. The highest BCUT2D eigenvalue weighted by Gasteiger charge is 2.27. The molecule has 0 spiro atoms. The van der Waals surface area contributed by atoms with Crippen LogP contribution in [0.3, 0.4) is 0 Å². The maximum atomic E-state index is 13.0. The molecule has 9 heteroatoms. The van der Waals surface area contributed by atoms with E-state index in [0.717, 1.165) is 48.4 Å². The van der Waals surface area contributed by atoms with E-state index in [2.05, 4.69) is 16.8 Å². The molecule has 2 heterocycles. The van der Waals surface area contributed by atoms with E-state index in [1.54, 1.807) is 28.6 Å². The quantitative estimate of drug-likeness (QED) is 0.495. The predicted molar refractivity (Wildman–Crippen MR) is 131 cm³/mol. The topological polar surface area (TPSA) is 84.3 Å². The van der Waals surface area contributed by atoms with Crippen LogP contribution < -0.4 is 5.32 Å². The summed E-state index contributed by atoms with van der Waals surface area (Å²) >= 11 is 5.99. The van der Waals surface area contributed by atoms with Crippen LogP contribution in [0.25, 0.3) is 11.0 Å². The molecule has 0 aliphatic carbocycles. The molecule has 1 N–H and O–H groups in total. The van der Waals surface area contributed by atoms with E-state index in [4.69, 9.17) is 16.6 Å². The van der Waals surface area contributed by atoms with Gasteiger partial charge in [0.1, 0.15) is 5.82 Å². The monoisotopic (exact) mass is 488 g/mol. The lowest BCUT2D eigenvalue weighted by molar-refractivity contribution is -0.116. The number of anilines is 1. The van der Waals surface area contributed by atoms with Gasteiger partial charge in [0.25, 0.3) is 0 Å². The van der Waals surface area contributed by atoms with Crippen molar-refractivity contribution in [3.05, 3.63) is 52.8 Å². The fourth-order valence-electron chi connectivity index (χ4n) is 4.27. The van der Waals surface area contributed by atoms with E-state index in [0.29, 0.717) is 30.0 Å². The minimum absolute atomic E-state index is 0.104. The average Bonchev–Trinajstić information content (AvgIpc) is 3.43. The second-order valence-electron chi connectivity index (χ2n) is 8.45. The number of carbonyl (C=O) groups is 1. The van der Waals surface area contributed by atoms with Crippen molar-refractivity contribution in [2.75, 3.05) is 18.4 Å². The van der Waals surface area contributed by atoms with E-state index in [9.17, 15) is 13.2 Å². The molecular weight excluding hydrogens is 460 g/mol. The number of fused-ring (bicyclic) bond motifs is 1. The van der Waals surface area contributed by atoms with Crippen molar-refractivity contribution >= 4 is 44.3 Å². The average molecular weight is 489 g/mol. The maximum absolute atomic E-state index is 13.0. The molecule has 1 aliphatic rings. The normalized spacial score (nSPS) is 14.8. The van der Waals surface area contributed by atoms with Crippen molar-refractivity contribution < 1.29 is 13.2 Å². The Labute approximate surface area is 199 Å². The highest BCUT2D eigenvalue weighted by Crippen LogP contribution is 2.26. The smallest absolute Gasteiger partial charge is 0.243 e. The van der Waals surface area contributed by atoms with Gasteiger partial charge < -0.3 is 9.88 Å². The molecule has 176 valence electrons. The van der Waals surface area contributed by atoms with Gasteiger partial charge in [0.05, 0.1) is 15.9 Å². The van der Waals surface area contributed by atoms with Crippen LogP contribution >= 0.6 is 11.6 Å². The SMILES string of the molecule is CCCn1c(CCC(=O)Nc2ccc(Cl)cc2C)nc2cc(S(=O)(=O)N3CCCC3)ccc21. The van der Waals surface area contributed by atoms with E-state index < -0.39 is 10.0 Å². The molecule has 1 aromatic heterocycles. The van der Waals surface area contributed by atoms with Crippen LogP contribution in [0.5, 0.6) is 0 Å². The number of hydrogen-bond donors (Lipinski definition) is 1. The number of hydrogen-bond acceptors (Lipinski definition) is 4. The number of aromatic nitrogens is 2. The Hall–Kier alpha value is -2.42. The summed E-state index contributed by atoms with van der Waals surface area (Å²) in [4.78, 5) is 17.6. The summed E-state index contributed by atoms with van der Waals surface area (Å²) in [7, 11) is -3.50. The lowest BCUT2D eigenvalue weighted by Crippen LogP contribution is -2.27. The molecule has 0 atom stereocenters. The van der Waals surface area contributed by atoms with Crippen LogP contribution in [0.2, 0.25) is 5.02 Å². The molecule has 7 nitrogen and oxygen atoms in total. The number of halogens is 1. The van der Waals surface area contributed by atoms with Gasteiger partial charge >= 0.3 is 0 Å². The van der Waals surface area contributed by atoms with Gasteiger partial charge in [-0.25, -0.2) is 13.4 Å². The van der Waals surface area contributed by atoms with Crippen LogP contribution in [-0.4, -0.2) is 41.3 Å². The molecule has 1 amide bonds. The van der Waals surface area contributed by atoms with Gasteiger partial charge in [0.2, 0.25) is 15.9 Å². The fourth-order valence-corrected chi connectivity index (χ4v) is 6.03. The molecule has 1 saturated heterocycles. The van der Waals surface area contributed by atoms with Crippen molar-refractivity contribution in [3.63, 3.8) is 0 Å². The van der Waals surface area contributed by atoms with Crippen LogP contribution in [0.1, 0.15) is 44.0 Å². The summed E-state index contributed by atoms with van der Waals surface area (Å²) in [5.74, 6) is 0.679. The number of nitrogens with one attached hydrogen (secondary N) is 1. The first-order valence-corrected chi connectivity index (χ1v) is 13.2. The molecule has 0 radical (unpaired) electrons. The van der Waals surface area contributed by atoms with Crippen molar-refractivity contribution in [2.24, 2.45) is 0 Å². The number of rotatable bonds is 8. The minimum atomic E-state index is -3.50. The van der Waals surface area contributed by atoms with Gasteiger partial charge in [0.15, 0.2) is 0 Å². The summed E-state index contributed by atoms with van der Waals surface area (Å²) in [6.07, 6.45) is 3.43. The van der Waals surface area contributed by atoms with Gasteiger partial charge in [0, 0.05) is 43.2 Å². The summed E-state index contributed by atoms with van der Waals surface area (Å²) < 4.78 is 29.6. The third-order valence-electron chi connectivity index (χ3n) is 5.99. The van der Waals surface area contributed by atoms with Crippen LogP contribution in [0, 0.1) is 6.92 Å². The van der Waals surface area contributed by atoms with Crippen molar-refractivity contribution in [2.45, 2.75) is 57.4 Å². The van der Waals surface area contributed by atoms with E-state index in [1.165, 1.54) is 0 Å². The zero-order valence-electron chi connectivity index (χ0n) is 19.0. The Morgan fingerprint density at radius 3 is 2.61 bits per heavy atom. The van der Waals surface area contributed by atoms with E-state index in [1.807, 2.05) is 19.1 Å². The number of benzene rings is 2. The molecule has 33 heavy (non-hydrogen) atoms.